The molecular weight excluding hydrogens is 252 g/mol. The summed E-state index contributed by atoms with van der Waals surface area (Å²) in [5, 5.41) is 0. The van der Waals surface area contributed by atoms with E-state index < -0.39 is 0 Å². The third kappa shape index (κ3) is 4.03. The first kappa shape index (κ1) is 14.0. The Morgan fingerprint density at radius 2 is 1.63 bits per heavy atom. The summed E-state index contributed by atoms with van der Waals surface area (Å²) in [7, 11) is 0. The molecule has 0 radical (unpaired) electrons. The van der Waals surface area contributed by atoms with Crippen molar-refractivity contribution in [3.63, 3.8) is 0 Å². The van der Waals surface area contributed by atoms with Gasteiger partial charge in [-0.25, -0.2) is 0 Å². The average Bonchev–Trinajstić information content (AvgIpc) is 2.42. The number of hydrogen-bond acceptors (Lipinski definition) is 2. The van der Waals surface area contributed by atoms with Gasteiger partial charge in [-0.2, -0.15) is 0 Å². The Morgan fingerprint density at radius 3 is 2.32 bits per heavy atom. The SMILES string of the molecule is CCCSc1cc(Oc2ccc(C)cc2)ccc1C. The van der Waals surface area contributed by atoms with E-state index >= 15 is 0 Å². The molecule has 19 heavy (non-hydrogen) atoms. The van der Waals surface area contributed by atoms with Gasteiger partial charge in [-0.3, -0.25) is 0 Å². The smallest absolute Gasteiger partial charge is 0.128 e. The van der Waals surface area contributed by atoms with E-state index in [9.17, 15) is 0 Å². The number of hydrogen-bond donors (Lipinski definition) is 0. The molecule has 0 fully saturated rings. The first-order valence-corrected chi connectivity index (χ1v) is 7.65. The molecule has 0 aliphatic carbocycles. The molecule has 2 heteroatoms. The Kier molecular flexibility index (Phi) is 4.92. The molecule has 0 N–H and O–H groups in total. The minimum Gasteiger partial charge on any atom is -0.457 e. The molecule has 0 spiro atoms. The number of aryl methyl sites for hydroxylation is 2. The lowest BCUT2D eigenvalue weighted by Gasteiger charge is -2.10. The molecule has 0 unspecified atom stereocenters. The van der Waals surface area contributed by atoms with Gasteiger partial charge in [0.2, 0.25) is 0 Å². The molecule has 0 heterocycles. The van der Waals surface area contributed by atoms with Crippen molar-refractivity contribution >= 4 is 11.8 Å². The van der Waals surface area contributed by atoms with Crippen molar-refractivity contribution < 1.29 is 4.74 Å². The highest BCUT2D eigenvalue weighted by molar-refractivity contribution is 7.99. The van der Waals surface area contributed by atoms with E-state index in [0.717, 1.165) is 17.3 Å². The maximum absolute atomic E-state index is 5.90. The van der Waals surface area contributed by atoms with Crippen LogP contribution in [0.5, 0.6) is 11.5 Å². The Bertz CT molecular complexity index is 531. The molecule has 0 amide bonds. The highest BCUT2D eigenvalue weighted by atomic mass is 32.2. The second-order valence-electron chi connectivity index (χ2n) is 4.69. The number of ether oxygens (including phenoxy) is 1. The van der Waals surface area contributed by atoms with Crippen LogP contribution < -0.4 is 4.74 Å². The van der Waals surface area contributed by atoms with E-state index in [-0.39, 0.29) is 0 Å². The average molecular weight is 272 g/mol. The van der Waals surface area contributed by atoms with Gasteiger partial charge in [-0.1, -0.05) is 30.7 Å². The summed E-state index contributed by atoms with van der Waals surface area (Å²) in [4.78, 5) is 1.31. The zero-order valence-corrected chi connectivity index (χ0v) is 12.6. The van der Waals surface area contributed by atoms with Crippen molar-refractivity contribution in [2.24, 2.45) is 0 Å². The van der Waals surface area contributed by atoms with Gasteiger partial charge in [0.05, 0.1) is 0 Å². The maximum Gasteiger partial charge on any atom is 0.128 e. The fourth-order valence-electron chi connectivity index (χ4n) is 1.75. The third-order valence-electron chi connectivity index (χ3n) is 2.88. The van der Waals surface area contributed by atoms with Crippen LogP contribution in [0.1, 0.15) is 24.5 Å². The van der Waals surface area contributed by atoms with Gasteiger partial charge in [-0.05, 0) is 55.9 Å². The summed E-state index contributed by atoms with van der Waals surface area (Å²) < 4.78 is 5.90. The number of benzene rings is 2. The van der Waals surface area contributed by atoms with Crippen LogP contribution >= 0.6 is 11.8 Å². The highest BCUT2D eigenvalue weighted by Gasteiger charge is 2.03. The number of rotatable bonds is 5. The van der Waals surface area contributed by atoms with Gasteiger partial charge in [0.15, 0.2) is 0 Å². The van der Waals surface area contributed by atoms with Crippen molar-refractivity contribution in [1.82, 2.24) is 0 Å². The monoisotopic (exact) mass is 272 g/mol. The van der Waals surface area contributed by atoms with Crippen LogP contribution in [0.2, 0.25) is 0 Å². The summed E-state index contributed by atoms with van der Waals surface area (Å²) >= 11 is 1.89. The van der Waals surface area contributed by atoms with Crippen LogP contribution in [-0.2, 0) is 0 Å². The van der Waals surface area contributed by atoms with Crippen molar-refractivity contribution in [2.75, 3.05) is 5.75 Å². The molecule has 0 atom stereocenters. The van der Waals surface area contributed by atoms with Gasteiger partial charge in [0.1, 0.15) is 11.5 Å². The van der Waals surface area contributed by atoms with Crippen molar-refractivity contribution in [2.45, 2.75) is 32.1 Å². The van der Waals surface area contributed by atoms with Gasteiger partial charge in [-0.15, -0.1) is 11.8 Å². The molecule has 1 nitrogen and oxygen atoms in total. The minimum absolute atomic E-state index is 0.890. The molecular formula is C17H20OS. The van der Waals surface area contributed by atoms with Gasteiger partial charge >= 0.3 is 0 Å². The Balaban J connectivity index is 2.14. The van der Waals surface area contributed by atoms with Gasteiger partial charge < -0.3 is 4.74 Å². The van der Waals surface area contributed by atoms with Gasteiger partial charge in [0, 0.05) is 4.90 Å². The predicted molar refractivity (Wildman–Crippen MR) is 83.4 cm³/mol. The zero-order valence-electron chi connectivity index (χ0n) is 11.8. The van der Waals surface area contributed by atoms with E-state index in [4.69, 9.17) is 4.74 Å². The normalized spacial score (nSPS) is 10.5. The summed E-state index contributed by atoms with van der Waals surface area (Å²) in [6.07, 6.45) is 1.19. The lowest BCUT2D eigenvalue weighted by Crippen LogP contribution is -1.87. The first-order valence-electron chi connectivity index (χ1n) is 6.67. The Hall–Kier alpha value is -1.41. The molecule has 2 aromatic carbocycles. The van der Waals surface area contributed by atoms with Gasteiger partial charge in [0.25, 0.3) is 0 Å². The maximum atomic E-state index is 5.90. The molecule has 0 aromatic heterocycles. The lowest BCUT2D eigenvalue weighted by atomic mass is 10.2. The molecule has 0 aliphatic heterocycles. The summed E-state index contributed by atoms with van der Waals surface area (Å²) in [5.74, 6) is 2.95. The minimum atomic E-state index is 0.890. The van der Waals surface area contributed by atoms with E-state index in [1.807, 2.05) is 30.0 Å². The number of thioether (sulfide) groups is 1. The summed E-state index contributed by atoms with van der Waals surface area (Å²) in [6.45, 7) is 6.43. The van der Waals surface area contributed by atoms with Crippen LogP contribution in [0.15, 0.2) is 47.4 Å². The fraction of sp³-hybridized carbons (Fsp3) is 0.294. The largest absolute Gasteiger partial charge is 0.457 e. The Morgan fingerprint density at radius 1 is 0.947 bits per heavy atom. The fourth-order valence-corrected chi connectivity index (χ4v) is 2.67. The molecule has 100 valence electrons. The van der Waals surface area contributed by atoms with Crippen LogP contribution in [0.25, 0.3) is 0 Å². The molecule has 0 bridgehead atoms. The molecule has 0 saturated carbocycles. The van der Waals surface area contributed by atoms with E-state index in [1.165, 1.54) is 22.4 Å². The Labute approximate surface area is 120 Å². The van der Waals surface area contributed by atoms with Crippen LogP contribution in [0.3, 0.4) is 0 Å². The van der Waals surface area contributed by atoms with E-state index in [0.29, 0.717) is 0 Å². The highest BCUT2D eigenvalue weighted by Crippen LogP contribution is 2.30. The third-order valence-corrected chi connectivity index (χ3v) is 4.24. The topological polar surface area (TPSA) is 9.23 Å². The van der Waals surface area contributed by atoms with Crippen LogP contribution in [-0.4, -0.2) is 5.75 Å². The van der Waals surface area contributed by atoms with Crippen molar-refractivity contribution in [1.29, 1.82) is 0 Å². The predicted octanol–water partition coefficient (Wildman–Crippen LogP) is 5.60. The van der Waals surface area contributed by atoms with Crippen molar-refractivity contribution in [3.05, 3.63) is 53.6 Å². The van der Waals surface area contributed by atoms with Crippen molar-refractivity contribution in [3.8, 4) is 11.5 Å². The molecule has 2 aromatic rings. The van der Waals surface area contributed by atoms with Crippen LogP contribution in [0, 0.1) is 13.8 Å². The summed E-state index contributed by atoms with van der Waals surface area (Å²) in [5.41, 5.74) is 2.56. The molecule has 2 rings (SSSR count). The summed E-state index contributed by atoms with van der Waals surface area (Å²) in [6, 6.07) is 14.4. The van der Waals surface area contributed by atoms with Crippen LogP contribution in [0.4, 0.5) is 0 Å². The second kappa shape index (κ2) is 6.67. The quantitative estimate of drug-likeness (QED) is 0.655. The second-order valence-corrected chi connectivity index (χ2v) is 5.83. The zero-order chi connectivity index (χ0) is 13.7. The van der Waals surface area contributed by atoms with E-state index in [2.05, 4.69) is 45.0 Å². The van der Waals surface area contributed by atoms with E-state index in [1.54, 1.807) is 0 Å². The molecule has 0 aliphatic rings. The first-order chi connectivity index (χ1) is 9.19. The molecule has 0 saturated heterocycles. The standard InChI is InChI=1S/C17H20OS/c1-4-11-19-17-12-16(10-7-14(17)3)18-15-8-5-13(2)6-9-15/h5-10,12H,4,11H2,1-3H3. The lowest BCUT2D eigenvalue weighted by molar-refractivity contribution is 0.481.